The van der Waals surface area contributed by atoms with E-state index < -0.39 is 0 Å². The van der Waals surface area contributed by atoms with Crippen LogP contribution in [0.5, 0.6) is 11.8 Å². The maximum absolute atomic E-state index is 9.83. The van der Waals surface area contributed by atoms with Crippen molar-refractivity contribution < 1.29 is 10.2 Å². The molecule has 5 rings (SSSR count). The quantitative estimate of drug-likeness (QED) is 0.485. The molecule has 136 valence electrons. The molecule has 3 N–H and O–H groups in total. The number of thiophene rings is 1. The molecule has 0 aliphatic heterocycles. The number of aromatic hydroxyl groups is 2. The highest BCUT2D eigenvalue weighted by Gasteiger charge is 2.22. The van der Waals surface area contributed by atoms with Crippen molar-refractivity contribution in [3.05, 3.63) is 53.0 Å². The minimum absolute atomic E-state index is 0.0566. The molecule has 1 aliphatic carbocycles. The van der Waals surface area contributed by atoms with Gasteiger partial charge in [-0.25, -0.2) is 9.97 Å². The predicted molar refractivity (Wildman–Crippen MR) is 106 cm³/mol. The third-order valence-electron chi connectivity index (χ3n) is 4.79. The van der Waals surface area contributed by atoms with Crippen LogP contribution in [0.3, 0.4) is 0 Å². The van der Waals surface area contributed by atoms with Gasteiger partial charge in [0.1, 0.15) is 12.1 Å². The lowest BCUT2D eigenvalue weighted by Crippen LogP contribution is -2.04. The van der Waals surface area contributed by atoms with Gasteiger partial charge in [0.25, 0.3) is 0 Å². The van der Waals surface area contributed by atoms with Crippen LogP contribution in [0.2, 0.25) is 0 Å². The number of anilines is 1. The number of rotatable bonds is 5. The zero-order chi connectivity index (χ0) is 18.4. The molecule has 1 aliphatic rings. The molecule has 0 atom stereocenters. The first kappa shape index (κ1) is 16.1. The second-order valence-electron chi connectivity index (χ2n) is 6.81. The number of fused-ring (bicyclic) bond motifs is 1. The van der Waals surface area contributed by atoms with E-state index in [9.17, 15) is 10.2 Å². The predicted octanol–water partition coefficient (Wildman–Crippen LogP) is 4.19. The Morgan fingerprint density at radius 1 is 1.04 bits per heavy atom. The van der Waals surface area contributed by atoms with Crippen LogP contribution in [-0.2, 0) is 6.54 Å². The topological polar surface area (TPSA) is 83.2 Å². The van der Waals surface area contributed by atoms with Crippen LogP contribution < -0.4 is 5.32 Å². The van der Waals surface area contributed by atoms with Crippen LogP contribution >= 0.6 is 11.3 Å². The fraction of sp³-hybridized carbons (Fsp3) is 0.200. The second-order valence-corrected chi connectivity index (χ2v) is 7.81. The molecule has 27 heavy (non-hydrogen) atoms. The van der Waals surface area contributed by atoms with Crippen molar-refractivity contribution in [1.82, 2.24) is 14.5 Å². The molecule has 0 radical (unpaired) electrons. The van der Waals surface area contributed by atoms with Gasteiger partial charge < -0.3 is 15.5 Å². The van der Waals surface area contributed by atoms with E-state index in [2.05, 4.69) is 38.9 Å². The summed E-state index contributed by atoms with van der Waals surface area (Å²) >= 11 is 1.60. The number of benzene rings is 1. The number of aromatic nitrogens is 3. The monoisotopic (exact) mass is 378 g/mol. The van der Waals surface area contributed by atoms with Crippen LogP contribution in [0.1, 0.15) is 17.7 Å². The Morgan fingerprint density at radius 2 is 1.85 bits per heavy atom. The number of nitrogens with one attached hydrogen (secondary N) is 1. The zero-order valence-corrected chi connectivity index (χ0v) is 15.3. The second kappa shape index (κ2) is 6.28. The van der Waals surface area contributed by atoms with Gasteiger partial charge in [0.2, 0.25) is 0 Å². The molecule has 1 saturated carbocycles. The number of nitrogens with zero attached hydrogens (tertiary/aromatic N) is 3. The van der Waals surface area contributed by atoms with E-state index in [0.29, 0.717) is 12.6 Å². The molecule has 3 aromatic heterocycles. The van der Waals surface area contributed by atoms with E-state index in [1.54, 1.807) is 17.7 Å². The first-order valence-corrected chi connectivity index (χ1v) is 9.72. The first-order valence-electron chi connectivity index (χ1n) is 8.84. The lowest BCUT2D eigenvalue weighted by atomic mass is 10.1. The maximum Gasteiger partial charge on any atom is 0.194 e. The van der Waals surface area contributed by atoms with Gasteiger partial charge in [-0.15, -0.1) is 11.3 Å². The average molecular weight is 378 g/mol. The van der Waals surface area contributed by atoms with Gasteiger partial charge in [0.15, 0.2) is 11.8 Å². The van der Waals surface area contributed by atoms with E-state index in [1.807, 2.05) is 6.07 Å². The van der Waals surface area contributed by atoms with E-state index in [1.165, 1.54) is 29.5 Å². The Labute approximate surface area is 159 Å². The highest BCUT2D eigenvalue weighted by Crippen LogP contribution is 2.33. The molecule has 7 heteroatoms. The van der Waals surface area contributed by atoms with Gasteiger partial charge in [-0.2, -0.15) is 0 Å². The fourth-order valence-corrected chi connectivity index (χ4v) is 4.03. The normalized spacial score (nSPS) is 13.9. The Morgan fingerprint density at radius 3 is 2.63 bits per heavy atom. The van der Waals surface area contributed by atoms with Gasteiger partial charge in [-0.3, -0.25) is 4.57 Å². The van der Waals surface area contributed by atoms with Crippen molar-refractivity contribution in [2.24, 2.45) is 0 Å². The highest BCUT2D eigenvalue weighted by atomic mass is 32.1. The minimum Gasteiger partial charge on any atom is -0.494 e. The summed E-state index contributed by atoms with van der Waals surface area (Å²) in [7, 11) is 0. The molecular weight excluding hydrogens is 360 g/mol. The standard InChI is InChI=1S/C20H18N4O2S/c25-18-5-6-19(26)24(18)9-15-7-13(10-27-15)12-1-4-17-16(8-12)20(22-11-21-17)23-14-2-3-14/h1,4-8,10-11,14,25-26H,2-3,9H2,(H,21,22,23). The Kier molecular flexibility index (Phi) is 3.75. The number of hydrogen-bond acceptors (Lipinski definition) is 6. The lowest BCUT2D eigenvalue weighted by Gasteiger charge is -2.08. The minimum atomic E-state index is 0.0566. The van der Waals surface area contributed by atoms with Crippen molar-refractivity contribution >= 4 is 28.1 Å². The molecule has 1 aromatic carbocycles. The van der Waals surface area contributed by atoms with Crippen LogP contribution in [-0.4, -0.2) is 30.8 Å². The SMILES string of the molecule is Oc1ccc(O)n1Cc1cc(-c2ccc3ncnc(NC4CC4)c3c2)cs1. The van der Waals surface area contributed by atoms with Crippen molar-refractivity contribution in [1.29, 1.82) is 0 Å². The number of hydrogen-bond donors (Lipinski definition) is 3. The van der Waals surface area contributed by atoms with Crippen LogP contribution in [0, 0.1) is 0 Å². The largest absolute Gasteiger partial charge is 0.494 e. The first-order chi connectivity index (χ1) is 13.2. The third-order valence-corrected chi connectivity index (χ3v) is 5.71. The summed E-state index contributed by atoms with van der Waals surface area (Å²) in [4.78, 5) is 9.84. The van der Waals surface area contributed by atoms with Gasteiger partial charge >= 0.3 is 0 Å². The summed E-state index contributed by atoms with van der Waals surface area (Å²) in [5.41, 5.74) is 3.12. The molecule has 0 unspecified atom stereocenters. The summed E-state index contributed by atoms with van der Waals surface area (Å²) in [5.74, 6) is 1.00. The highest BCUT2D eigenvalue weighted by molar-refractivity contribution is 7.10. The Hall–Kier alpha value is -3.06. The van der Waals surface area contributed by atoms with Crippen molar-refractivity contribution in [2.75, 3.05) is 5.32 Å². The Bertz CT molecular complexity index is 1110. The molecule has 0 saturated heterocycles. The summed E-state index contributed by atoms with van der Waals surface area (Å²) < 4.78 is 1.47. The maximum atomic E-state index is 9.83. The summed E-state index contributed by atoms with van der Waals surface area (Å²) in [5, 5.41) is 26.2. The summed E-state index contributed by atoms with van der Waals surface area (Å²) in [6.07, 6.45) is 3.99. The van der Waals surface area contributed by atoms with Gasteiger partial charge in [0.05, 0.1) is 12.1 Å². The molecule has 0 bridgehead atoms. The third kappa shape index (κ3) is 3.10. The summed E-state index contributed by atoms with van der Waals surface area (Å²) in [6, 6.07) is 11.8. The molecule has 4 aromatic rings. The average Bonchev–Trinajstić information content (AvgIpc) is 3.28. The van der Waals surface area contributed by atoms with Gasteiger partial charge in [0, 0.05) is 28.4 Å². The smallest absolute Gasteiger partial charge is 0.194 e. The molecule has 0 amide bonds. The van der Waals surface area contributed by atoms with Crippen LogP contribution in [0.15, 0.2) is 48.1 Å². The van der Waals surface area contributed by atoms with E-state index in [-0.39, 0.29) is 11.8 Å². The molecular formula is C20H18N4O2S. The Balaban J connectivity index is 1.47. The zero-order valence-electron chi connectivity index (χ0n) is 14.5. The van der Waals surface area contributed by atoms with Crippen LogP contribution in [0.4, 0.5) is 5.82 Å². The molecule has 6 nitrogen and oxygen atoms in total. The molecule has 3 heterocycles. The van der Waals surface area contributed by atoms with Gasteiger partial charge in [-0.1, -0.05) is 6.07 Å². The summed E-state index contributed by atoms with van der Waals surface area (Å²) in [6.45, 7) is 0.431. The lowest BCUT2D eigenvalue weighted by molar-refractivity contribution is 0.378. The van der Waals surface area contributed by atoms with Gasteiger partial charge in [-0.05, 0) is 47.5 Å². The van der Waals surface area contributed by atoms with Crippen molar-refractivity contribution in [3.63, 3.8) is 0 Å². The van der Waals surface area contributed by atoms with Crippen molar-refractivity contribution in [2.45, 2.75) is 25.4 Å². The van der Waals surface area contributed by atoms with Crippen LogP contribution in [0.25, 0.3) is 22.0 Å². The molecule has 1 fully saturated rings. The molecule has 0 spiro atoms. The fourth-order valence-electron chi connectivity index (χ4n) is 3.15. The van der Waals surface area contributed by atoms with E-state index >= 15 is 0 Å². The van der Waals surface area contributed by atoms with Crippen molar-refractivity contribution in [3.8, 4) is 22.9 Å². The van der Waals surface area contributed by atoms with E-state index in [4.69, 9.17) is 0 Å². The van der Waals surface area contributed by atoms with E-state index in [0.717, 1.165) is 32.7 Å².